The zero-order chi connectivity index (χ0) is 21.0. The predicted octanol–water partition coefficient (Wildman–Crippen LogP) is 2.70. The molecular formula is C21H18N2O5S. The average Bonchev–Trinajstić information content (AvgIpc) is 2.71. The molecule has 2 amide bonds. The van der Waals surface area contributed by atoms with Crippen molar-refractivity contribution in [3.8, 4) is 5.75 Å². The van der Waals surface area contributed by atoms with Crippen LogP contribution >= 0.6 is 12.2 Å². The number of esters is 1. The van der Waals surface area contributed by atoms with Crippen LogP contribution in [-0.2, 0) is 14.3 Å². The van der Waals surface area contributed by atoms with Crippen molar-refractivity contribution < 1.29 is 23.9 Å². The normalized spacial score (nSPS) is 15.3. The van der Waals surface area contributed by atoms with Gasteiger partial charge in [-0.25, -0.2) is 4.79 Å². The molecule has 1 N–H and O–H groups in total. The van der Waals surface area contributed by atoms with Gasteiger partial charge in [-0.2, -0.15) is 0 Å². The van der Waals surface area contributed by atoms with Gasteiger partial charge < -0.3 is 9.47 Å². The predicted molar refractivity (Wildman–Crippen MR) is 112 cm³/mol. The summed E-state index contributed by atoms with van der Waals surface area (Å²) in [5.41, 5.74) is 1.35. The fourth-order valence-electron chi connectivity index (χ4n) is 2.77. The lowest BCUT2D eigenvalue weighted by molar-refractivity contribution is -0.122. The van der Waals surface area contributed by atoms with Gasteiger partial charge in [0.2, 0.25) is 0 Å². The van der Waals surface area contributed by atoms with E-state index in [2.05, 4.69) is 10.1 Å². The minimum Gasteiger partial charge on any atom is -0.494 e. The van der Waals surface area contributed by atoms with Crippen LogP contribution in [0, 0.1) is 0 Å². The van der Waals surface area contributed by atoms with Crippen molar-refractivity contribution >= 4 is 46.9 Å². The fourth-order valence-corrected chi connectivity index (χ4v) is 3.05. The standard InChI is InChI=1S/C21H18N2O5S/c1-3-28-16-6-4-5-15(12-16)23-19(25)17(18(24)22-21(23)29)11-13-7-9-14(10-8-13)20(26)27-2/h4-12H,3H2,1-2H3,(H,22,24,29)/b17-11+. The van der Waals surface area contributed by atoms with Crippen LogP contribution in [0.15, 0.2) is 54.1 Å². The molecule has 0 spiro atoms. The second-order valence-electron chi connectivity index (χ2n) is 6.00. The van der Waals surface area contributed by atoms with Gasteiger partial charge in [0, 0.05) is 6.07 Å². The Kier molecular flexibility index (Phi) is 6.04. The van der Waals surface area contributed by atoms with E-state index < -0.39 is 17.8 Å². The van der Waals surface area contributed by atoms with Gasteiger partial charge in [0.05, 0.1) is 25.0 Å². The first-order valence-electron chi connectivity index (χ1n) is 8.77. The Hall–Kier alpha value is -3.52. The average molecular weight is 410 g/mol. The summed E-state index contributed by atoms with van der Waals surface area (Å²) >= 11 is 5.20. The van der Waals surface area contributed by atoms with Crippen LogP contribution < -0.4 is 15.0 Å². The van der Waals surface area contributed by atoms with Gasteiger partial charge in [-0.05, 0) is 55.0 Å². The molecule has 29 heavy (non-hydrogen) atoms. The van der Waals surface area contributed by atoms with Crippen molar-refractivity contribution in [1.29, 1.82) is 0 Å². The number of benzene rings is 2. The van der Waals surface area contributed by atoms with Crippen LogP contribution in [0.3, 0.4) is 0 Å². The van der Waals surface area contributed by atoms with E-state index in [1.165, 1.54) is 18.1 Å². The third-order valence-electron chi connectivity index (χ3n) is 4.13. The summed E-state index contributed by atoms with van der Waals surface area (Å²) < 4.78 is 10.1. The van der Waals surface area contributed by atoms with Crippen LogP contribution in [0.1, 0.15) is 22.8 Å². The van der Waals surface area contributed by atoms with E-state index in [1.54, 1.807) is 48.5 Å². The highest BCUT2D eigenvalue weighted by molar-refractivity contribution is 7.80. The molecule has 8 heteroatoms. The quantitative estimate of drug-likeness (QED) is 0.353. The molecule has 0 aliphatic carbocycles. The summed E-state index contributed by atoms with van der Waals surface area (Å²) in [6, 6.07) is 13.2. The second-order valence-corrected chi connectivity index (χ2v) is 6.39. The number of rotatable bonds is 5. The third kappa shape index (κ3) is 4.33. The topological polar surface area (TPSA) is 84.9 Å². The molecule has 1 heterocycles. The first-order chi connectivity index (χ1) is 13.9. The lowest BCUT2D eigenvalue weighted by Crippen LogP contribution is -2.54. The van der Waals surface area contributed by atoms with E-state index in [-0.39, 0.29) is 10.7 Å². The van der Waals surface area contributed by atoms with Crippen molar-refractivity contribution in [2.45, 2.75) is 6.92 Å². The van der Waals surface area contributed by atoms with Crippen molar-refractivity contribution in [3.05, 3.63) is 65.2 Å². The maximum Gasteiger partial charge on any atom is 0.337 e. The number of nitrogens with one attached hydrogen (secondary N) is 1. The molecule has 2 aromatic carbocycles. The Morgan fingerprint density at radius 1 is 1.17 bits per heavy atom. The minimum absolute atomic E-state index is 0.00756. The van der Waals surface area contributed by atoms with E-state index in [4.69, 9.17) is 17.0 Å². The molecule has 0 aromatic heterocycles. The zero-order valence-electron chi connectivity index (χ0n) is 15.8. The van der Waals surface area contributed by atoms with E-state index in [9.17, 15) is 14.4 Å². The monoisotopic (exact) mass is 410 g/mol. The van der Waals surface area contributed by atoms with Gasteiger partial charge in [-0.3, -0.25) is 19.8 Å². The number of hydrogen-bond acceptors (Lipinski definition) is 6. The number of anilines is 1. The SMILES string of the molecule is CCOc1cccc(N2C(=O)/C(=C/c3ccc(C(=O)OC)cc3)C(=O)NC2=S)c1. The molecule has 1 aliphatic rings. The number of hydrogen-bond donors (Lipinski definition) is 1. The molecule has 0 unspecified atom stereocenters. The maximum absolute atomic E-state index is 13.0. The molecule has 0 bridgehead atoms. The highest BCUT2D eigenvalue weighted by Gasteiger charge is 2.34. The van der Waals surface area contributed by atoms with Crippen molar-refractivity contribution in [2.75, 3.05) is 18.6 Å². The van der Waals surface area contributed by atoms with Crippen molar-refractivity contribution in [1.82, 2.24) is 5.32 Å². The number of ether oxygens (including phenoxy) is 2. The zero-order valence-corrected chi connectivity index (χ0v) is 16.6. The Morgan fingerprint density at radius 2 is 1.90 bits per heavy atom. The van der Waals surface area contributed by atoms with Crippen LogP contribution in [0.25, 0.3) is 6.08 Å². The molecular weight excluding hydrogens is 392 g/mol. The first-order valence-corrected chi connectivity index (χ1v) is 9.18. The lowest BCUT2D eigenvalue weighted by atomic mass is 10.1. The maximum atomic E-state index is 13.0. The van der Waals surface area contributed by atoms with Gasteiger partial charge in [-0.15, -0.1) is 0 Å². The molecule has 0 saturated carbocycles. The lowest BCUT2D eigenvalue weighted by Gasteiger charge is -2.29. The van der Waals surface area contributed by atoms with Gasteiger partial charge >= 0.3 is 5.97 Å². The molecule has 0 radical (unpaired) electrons. The summed E-state index contributed by atoms with van der Waals surface area (Å²) in [7, 11) is 1.29. The van der Waals surface area contributed by atoms with E-state index >= 15 is 0 Å². The van der Waals surface area contributed by atoms with Gasteiger partial charge in [-0.1, -0.05) is 18.2 Å². The van der Waals surface area contributed by atoms with Crippen molar-refractivity contribution in [2.24, 2.45) is 0 Å². The first kappa shape index (κ1) is 20.2. The fraction of sp³-hybridized carbons (Fsp3) is 0.143. The van der Waals surface area contributed by atoms with Gasteiger partial charge in [0.1, 0.15) is 11.3 Å². The summed E-state index contributed by atoms with van der Waals surface area (Å²) in [4.78, 5) is 38.2. The number of thiocarbonyl (C=S) groups is 1. The molecule has 0 atom stereocenters. The molecule has 7 nitrogen and oxygen atoms in total. The van der Waals surface area contributed by atoms with Gasteiger partial charge in [0.25, 0.3) is 11.8 Å². The Labute approximate surface area is 172 Å². The number of methoxy groups -OCH3 is 1. The van der Waals surface area contributed by atoms with E-state index in [0.29, 0.717) is 29.2 Å². The summed E-state index contributed by atoms with van der Waals surface area (Å²) in [6.45, 7) is 2.33. The number of carbonyl (C=O) groups is 3. The summed E-state index contributed by atoms with van der Waals surface area (Å²) in [5, 5.41) is 2.53. The Morgan fingerprint density at radius 3 is 2.55 bits per heavy atom. The smallest absolute Gasteiger partial charge is 0.337 e. The van der Waals surface area contributed by atoms with Crippen molar-refractivity contribution in [3.63, 3.8) is 0 Å². The Balaban J connectivity index is 1.93. The highest BCUT2D eigenvalue weighted by Crippen LogP contribution is 2.25. The molecule has 148 valence electrons. The van der Waals surface area contributed by atoms with Crippen LogP contribution in [0.2, 0.25) is 0 Å². The highest BCUT2D eigenvalue weighted by atomic mass is 32.1. The second kappa shape index (κ2) is 8.66. The van der Waals surface area contributed by atoms with E-state index in [0.717, 1.165) is 0 Å². The minimum atomic E-state index is -0.589. The molecule has 2 aromatic rings. The largest absolute Gasteiger partial charge is 0.494 e. The molecule has 3 rings (SSSR count). The number of nitrogens with zero attached hydrogens (tertiary/aromatic N) is 1. The number of carbonyl (C=O) groups excluding carboxylic acids is 3. The summed E-state index contributed by atoms with van der Waals surface area (Å²) in [6.07, 6.45) is 1.44. The number of amides is 2. The Bertz CT molecular complexity index is 1010. The van der Waals surface area contributed by atoms with Crippen LogP contribution in [0.4, 0.5) is 5.69 Å². The summed E-state index contributed by atoms with van der Waals surface area (Å²) in [5.74, 6) is -1.03. The van der Waals surface area contributed by atoms with Gasteiger partial charge in [0.15, 0.2) is 5.11 Å². The molecule has 1 aliphatic heterocycles. The third-order valence-corrected chi connectivity index (χ3v) is 4.42. The van der Waals surface area contributed by atoms with E-state index in [1.807, 2.05) is 6.92 Å². The molecule has 1 saturated heterocycles. The van der Waals surface area contributed by atoms with Crippen LogP contribution in [-0.4, -0.2) is 36.6 Å². The molecule has 1 fully saturated rings. The van der Waals surface area contributed by atoms with Crippen LogP contribution in [0.5, 0.6) is 5.75 Å².